The lowest BCUT2D eigenvalue weighted by molar-refractivity contribution is -0.137. The molecule has 1 aromatic carbocycles. The van der Waals surface area contributed by atoms with Crippen LogP contribution >= 0.6 is 0 Å². The fraction of sp³-hybridized carbons (Fsp3) is 0.250. The minimum Gasteiger partial charge on any atom is -0.350 e. The number of carbonyl (C=O) groups is 1. The van der Waals surface area contributed by atoms with Crippen LogP contribution in [0.5, 0.6) is 0 Å². The molecule has 0 aliphatic rings. The summed E-state index contributed by atoms with van der Waals surface area (Å²) in [5.74, 6) is -0.461. The number of hydrogen-bond donors (Lipinski definition) is 1. The summed E-state index contributed by atoms with van der Waals surface area (Å²) in [7, 11) is 1.65. The molecule has 0 saturated carbocycles. The number of fused-ring (bicyclic) bond motifs is 1. The highest BCUT2D eigenvalue weighted by molar-refractivity contribution is 5.77. The molecule has 1 N–H and O–H groups in total. The third-order valence-corrected chi connectivity index (χ3v) is 3.80. The molecule has 0 aliphatic carbocycles. The van der Waals surface area contributed by atoms with E-state index in [1.165, 1.54) is 29.3 Å². The van der Waals surface area contributed by atoms with Crippen LogP contribution in [0.2, 0.25) is 0 Å². The molecule has 2 heterocycles. The number of aryl methyl sites for hydroxylation is 1. The van der Waals surface area contributed by atoms with Gasteiger partial charge in [-0.05, 0) is 17.7 Å². The van der Waals surface area contributed by atoms with Crippen molar-refractivity contribution in [3.63, 3.8) is 0 Å². The Bertz CT molecular complexity index is 1010. The van der Waals surface area contributed by atoms with Gasteiger partial charge in [-0.1, -0.05) is 12.1 Å². The van der Waals surface area contributed by atoms with E-state index in [2.05, 4.69) is 15.4 Å². The van der Waals surface area contributed by atoms with Gasteiger partial charge in [-0.3, -0.25) is 18.8 Å². The number of halogens is 3. The van der Waals surface area contributed by atoms with Gasteiger partial charge in [0.1, 0.15) is 18.3 Å². The fourth-order valence-corrected chi connectivity index (χ4v) is 2.40. The van der Waals surface area contributed by atoms with Crippen LogP contribution in [0.15, 0.2) is 41.6 Å². The molecule has 3 rings (SSSR count). The molecule has 0 bridgehead atoms. The summed E-state index contributed by atoms with van der Waals surface area (Å²) in [4.78, 5) is 28.4. The molecule has 0 fully saturated rings. The average molecular weight is 365 g/mol. The van der Waals surface area contributed by atoms with Crippen LogP contribution in [0.25, 0.3) is 11.0 Å². The normalized spacial score (nSPS) is 11.7. The lowest BCUT2D eigenvalue weighted by atomic mass is 10.1. The number of aromatic nitrogens is 4. The number of alkyl halides is 3. The highest BCUT2D eigenvalue weighted by atomic mass is 19.4. The van der Waals surface area contributed by atoms with Crippen LogP contribution < -0.4 is 10.9 Å². The highest BCUT2D eigenvalue weighted by Crippen LogP contribution is 2.29. The molecule has 3 aromatic rings. The molecule has 0 spiro atoms. The molecule has 0 saturated heterocycles. The molecule has 0 aliphatic heterocycles. The molecular formula is C16H14F3N5O2. The van der Waals surface area contributed by atoms with Crippen molar-refractivity contribution in [3.05, 3.63) is 58.3 Å². The van der Waals surface area contributed by atoms with Gasteiger partial charge in [0.15, 0.2) is 5.65 Å². The Morgan fingerprint density at radius 1 is 1.23 bits per heavy atom. The van der Waals surface area contributed by atoms with Gasteiger partial charge >= 0.3 is 6.18 Å². The van der Waals surface area contributed by atoms with Crippen LogP contribution in [0.1, 0.15) is 11.1 Å². The number of nitrogens with one attached hydrogen (secondary N) is 1. The first kappa shape index (κ1) is 17.6. The topological polar surface area (TPSA) is 81.8 Å². The van der Waals surface area contributed by atoms with Crippen LogP contribution in [0, 0.1) is 0 Å². The second kappa shape index (κ2) is 6.62. The molecule has 2 aromatic heterocycles. The lowest BCUT2D eigenvalue weighted by Gasteiger charge is -2.09. The van der Waals surface area contributed by atoms with E-state index in [0.29, 0.717) is 16.6 Å². The fourth-order valence-electron chi connectivity index (χ4n) is 2.40. The Hall–Kier alpha value is -3.17. The summed E-state index contributed by atoms with van der Waals surface area (Å²) in [6.45, 7) is -0.203. The first-order valence-electron chi connectivity index (χ1n) is 7.55. The maximum Gasteiger partial charge on any atom is 0.416 e. The number of hydrogen-bond acceptors (Lipinski definition) is 4. The van der Waals surface area contributed by atoms with Gasteiger partial charge in [0.05, 0.1) is 11.8 Å². The highest BCUT2D eigenvalue weighted by Gasteiger charge is 2.29. The molecular weight excluding hydrogens is 351 g/mol. The van der Waals surface area contributed by atoms with Crippen molar-refractivity contribution in [3.8, 4) is 0 Å². The first-order valence-corrected chi connectivity index (χ1v) is 7.55. The summed E-state index contributed by atoms with van der Waals surface area (Å²) in [6.07, 6.45) is -1.77. The lowest BCUT2D eigenvalue weighted by Crippen LogP contribution is -2.32. The average Bonchev–Trinajstić information content (AvgIpc) is 2.97. The molecule has 136 valence electrons. The zero-order valence-corrected chi connectivity index (χ0v) is 13.6. The Morgan fingerprint density at radius 2 is 1.92 bits per heavy atom. The molecule has 26 heavy (non-hydrogen) atoms. The molecule has 10 heteroatoms. The van der Waals surface area contributed by atoms with Gasteiger partial charge in [-0.15, -0.1) is 0 Å². The summed E-state index contributed by atoms with van der Waals surface area (Å²) < 4.78 is 40.1. The third-order valence-electron chi connectivity index (χ3n) is 3.80. The minimum absolute atomic E-state index is 0.0499. The first-order chi connectivity index (χ1) is 12.3. The summed E-state index contributed by atoms with van der Waals surface area (Å²) in [5, 5.41) is 6.79. The van der Waals surface area contributed by atoms with Gasteiger partial charge in [-0.2, -0.15) is 18.3 Å². The van der Waals surface area contributed by atoms with E-state index < -0.39 is 23.2 Å². The number of nitrogens with zero attached hydrogens (tertiary/aromatic N) is 4. The van der Waals surface area contributed by atoms with Gasteiger partial charge in [0.2, 0.25) is 5.91 Å². The van der Waals surface area contributed by atoms with Crippen LogP contribution in [0.4, 0.5) is 13.2 Å². The van der Waals surface area contributed by atoms with Gasteiger partial charge in [0.25, 0.3) is 5.56 Å². The summed E-state index contributed by atoms with van der Waals surface area (Å²) in [6, 6.07) is 4.48. The van der Waals surface area contributed by atoms with Crippen molar-refractivity contribution in [1.29, 1.82) is 0 Å². The van der Waals surface area contributed by atoms with E-state index >= 15 is 0 Å². The Labute approximate surface area is 145 Å². The van der Waals surface area contributed by atoms with Crippen molar-refractivity contribution < 1.29 is 18.0 Å². The summed E-state index contributed by atoms with van der Waals surface area (Å²) in [5.41, 5.74) is -0.223. The van der Waals surface area contributed by atoms with E-state index in [9.17, 15) is 22.8 Å². The minimum atomic E-state index is -4.40. The Balaban J connectivity index is 1.64. The summed E-state index contributed by atoms with van der Waals surface area (Å²) >= 11 is 0. The van der Waals surface area contributed by atoms with E-state index in [-0.39, 0.29) is 13.1 Å². The van der Waals surface area contributed by atoms with Crippen molar-refractivity contribution in [1.82, 2.24) is 24.6 Å². The van der Waals surface area contributed by atoms with Gasteiger partial charge in [-0.25, -0.2) is 4.98 Å². The molecule has 0 unspecified atom stereocenters. The predicted molar refractivity (Wildman–Crippen MR) is 86.1 cm³/mol. The number of amides is 1. The van der Waals surface area contributed by atoms with Gasteiger partial charge < -0.3 is 5.32 Å². The van der Waals surface area contributed by atoms with Crippen LogP contribution in [-0.2, 0) is 31.1 Å². The second-order valence-electron chi connectivity index (χ2n) is 5.65. The smallest absolute Gasteiger partial charge is 0.350 e. The van der Waals surface area contributed by atoms with Crippen LogP contribution in [0.3, 0.4) is 0 Å². The number of benzene rings is 1. The van der Waals surface area contributed by atoms with Gasteiger partial charge in [0, 0.05) is 13.6 Å². The monoisotopic (exact) mass is 365 g/mol. The van der Waals surface area contributed by atoms with Crippen molar-refractivity contribution in [2.24, 2.45) is 7.05 Å². The Kier molecular flexibility index (Phi) is 4.49. The second-order valence-corrected chi connectivity index (χ2v) is 5.65. The van der Waals surface area contributed by atoms with Crippen molar-refractivity contribution in [2.75, 3.05) is 0 Å². The molecule has 0 radical (unpaired) electrons. The third kappa shape index (κ3) is 3.58. The SMILES string of the molecule is Cn1ncc2c(=O)n(CC(=O)NCc3ccc(C(F)(F)F)cc3)cnc21. The standard InChI is InChI=1S/C16H14F3N5O2/c1-23-14-12(7-22-23)15(26)24(9-21-14)8-13(25)20-6-10-2-4-11(5-3-10)16(17,18)19/h2-5,7,9H,6,8H2,1H3,(H,20,25). The molecule has 0 atom stereocenters. The van der Waals surface area contributed by atoms with Crippen LogP contribution in [-0.4, -0.2) is 25.2 Å². The number of carbonyl (C=O) groups excluding carboxylic acids is 1. The predicted octanol–water partition coefficient (Wildman–Crippen LogP) is 1.47. The zero-order valence-electron chi connectivity index (χ0n) is 13.6. The maximum atomic E-state index is 12.5. The van der Waals surface area contributed by atoms with Crippen molar-refractivity contribution >= 4 is 16.9 Å². The van der Waals surface area contributed by atoms with E-state index in [1.807, 2.05) is 0 Å². The Morgan fingerprint density at radius 3 is 2.58 bits per heavy atom. The van der Waals surface area contributed by atoms with Crippen molar-refractivity contribution in [2.45, 2.75) is 19.3 Å². The van der Waals surface area contributed by atoms with E-state index in [0.717, 1.165) is 16.7 Å². The molecule has 1 amide bonds. The zero-order chi connectivity index (χ0) is 18.9. The largest absolute Gasteiger partial charge is 0.416 e. The molecule has 7 nitrogen and oxygen atoms in total. The number of rotatable bonds is 4. The quantitative estimate of drug-likeness (QED) is 0.759. The maximum absolute atomic E-state index is 12.5. The van der Waals surface area contributed by atoms with E-state index in [1.54, 1.807) is 7.05 Å². The van der Waals surface area contributed by atoms with E-state index in [4.69, 9.17) is 0 Å².